The fourth-order valence-corrected chi connectivity index (χ4v) is 2.37. The van der Waals surface area contributed by atoms with Crippen molar-refractivity contribution in [2.75, 3.05) is 18.5 Å². The number of rotatable bonds is 7. The summed E-state index contributed by atoms with van der Waals surface area (Å²) in [5.74, 6) is -0.0382. The van der Waals surface area contributed by atoms with E-state index in [0.29, 0.717) is 11.4 Å². The van der Waals surface area contributed by atoms with E-state index >= 15 is 0 Å². The maximum Gasteiger partial charge on any atom is 0.225 e. The van der Waals surface area contributed by atoms with Gasteiger partial charge >= 0.3 is 0 Å². The van der Waals surface area contributed by atoms with Crippen LogP contribution in [0, 0.1) is 12.3 Å². The highest BCUT2D eigenvalue weighted by molar-refractivity contribution is 6.31. The molecule has 0 bridgehead atoms. The molecule has 5 heteroatoms. The molecule has 1 unspecified atom stereocenters. The molecule has 0 radical (unpaired) electrons. The Kier molecular flexibility index (Phi) is 5.25. The molecule has 0 saturated heterocycles. The molecular weight excluding hydrogens is 288 g/mol. The third-order valence-corrected chi connectivity index (χ3v) is 4.47. The average molecular weight is 311 g/mol. The first-order valence-electron chi connectivity index (χ1n) is 7.34. The van der Waals surface area contributed by atoms with Crippen molar-refractivity contribution in [1.82, 2.24) is 5.32 Å². The van der Waals surface area contributed by atoms with Crippen LogP contribution in [-0.4, -0.2) is 30.2 Å². The molecule has 1 aliphatic carbocycles. The van der Waals surface area contributed by atoms with Crippen LogP contribution in [0.5, 0.6) is 0 Å². The third kappa shape index (κ3) is 4.70. The van der Waals surface area contributed by atoms with E-state index in [1.54, 1.807) is 6.07 Å². The van der Waals surface area contributed by atoms with Crippen LogP contribution >= 0.6 is 11.6 Å². The fraction of sp³-hybridized carbons (Fsp3) is 0.562. The molecule has 0 heterocycles. The first kappa shape index (κ1) is 16.3. The second-order valence-corrected chi connectivity index (χ2v) is 6.56. The Bertz CT molecular complexity index is 515. The lowest BCUT2D eigenvalue weighted by Crippen LogP contribution is -2.36. The number of aliphatic hydroxyl groups is 1. The fourth-order valence-electron chi connectivity index (χ4n) is 2.19. The molecule has 116 valence electrons. The lowest BCUT2D eigenvalue weighted by atomic mass is 10.1. The number of nitrogens with one attached hydrogen (secondary N) is 2. The monoisotopic (exact) mass is 310 g/mol. The summed E-state index contributed by atoms with van der Waals surface area (Å²) < 4.78 is 0. The van der Waals surface area contributed by atoms with Crippen LogP contribution in [0.15, 0.2) is 18.2 Å². The van der Waals surface area contributed by atoms with E-state index in [0.717, 1.165) is 30.6 Å². The van der Waals surface area contributed by atoms with Gasteiger partial charge in [-0.05, 0) is 44.4 Å². The zero-order chi connectivity index (χ0) is 15.5. The Balaban J connectivity index is 1.76. The van der Waals surface area contributed by atoms with E-state index in [-0.39, 0.29) is 24.0 Å². The SMILES string of the molecule is Cc1ccc(NC(=O)CC(C)NCC2(CO)CC2)cc1Cl. The highest BCUT2D eigenvalue weighted by atomic mass is 35.5. The van der Waals surface area contributed by atoms with Crippen molar-refractivity contribution >= 4 is 23.2 Å². The lowest BCUT2D eigenvalue weighted by molar-refractivity contribution is -0.116. The van der Waals surface area contributed by atoms with E-state index in [9.17, 15) is 9.90 Å². The largest absolute Gasteiger partial charge is 0.396 e. The topological polar surface area (TPSA) is 61.4 Å². The highest BCUT2D eigenvalue weighted by Gasteiger charge is 2.41. The van der Waals surface area contributed by atoms with Gasteiger partial charge in [-0.1, -0.05) is 17.7 Å². The first-order valence-corrected chi connectivity index (χ1v) is 7.72. The van der Waals surface area contributed by atoms with Gasteiger partial charge in [-0.25, -0.2) is 0 Å². The maximum absolute atomic E-state index is 12.0. The zero-order valence-corrected chi connectivity index (χ0v) is 13.3. The van der Waals surface area contributed by atoms with Gasteiger partial charge in [0, 0.05) is 41.7 Å². The predicted molar refractivity (Wildman–Crippen MR) is 85.7 cm³/mol. The molecule has 21 heavy (non-hydrogen) atoms. The number of hydrogen-bond acceptors (Lipinski definition) is 3. The number of amides is 1. The van der Waals surface area contributed by atoms with Gasteiger partial charge in [0.25, 0.3) is 0 Å². The normalized spacial score (nSPS) is 17.3. The van der Waals surface area contributed by atoms with E-state index in [1.165, 1.54) is 0 Å². The molecule has 1 fully saturated rings. The number of carbonyl (C=O) groups is 1. The zero-order valence-electron chi connectivity index (χ0n) is 12.6. The quantitative estimate of drug-likeness (QED) is 0.725. The molecule has 4 nitrogen and oxygen atoms in total. The van der Waals surface area contributed by atoms with Crippen LogP contribution < -0.4 is 10.6 Å². The Morgan fingerprint density at radius 3 is 2.76 bits per heavy atom. The summed E-state index contributed by atoms with van der Waals surface area (Å²) in [7, 11) is 0. The summed E-state index contributed by atoms with van der Waals surface area (Å²) in [4.78, 5) is 12.0. The minimum atomic E-state index is -0.0382. The summed E-state index contributed by atoms with van der Waals surface area (Å²) in [6, 6.07) is 5.58. The average Bonchev–Trinajstić information content (AvgIpc) is 3.21. The Hall–Kier alpha value is -1.10. The van der Waals surface area contributed by atoms with E-state index in [4.69, 9.17) is 11.6 Å². The standard InChI is InChI=1S/C16H23ClN2O2/c1-11-3-4-13(8-14(11)17)19-15(21)7-12(2)18-9-16(10-20)5-6-16/h3-4,8,12,18,20H,5-7,9-10H2,1-2H3,(H,19,21). The molecule has 0 spiro atoms. The summed E-state index contributed by atoms with van der Waals surface area (Å²) >= 11 is 6.04. The van der Waals surface area contributed by atoms with Crippen molar-refractivity contribution in [3.8, 4) is 0 Å². The summed E-state index contributed by atoms with van der Waals surface area (Å²) in [5, 5.41) is 16.1. The number of benzene rings is 1. The minimum absolute atomic E-state index is 0.0382. The lowest BCUT2D eigenvalue weighted by Gasteiger charge is -2.18. The van der Waals surface area contributed by atoms with Crippen LogP contribution in [0.1, 0.15) is 31.7 Å². The Morgan fingerprint density at radius 2 is 2.19 bits per heavy atom. The molecule has 1 aliphatic rings. The molecule has 1 aromatic carbocycles. The van der Waals surface area contributed by atoms with Crippen molar-refractivity contribution in [1.29, 1.82) is 0 Å². The van der Waals surface area contributed by atoms with E-state index in [1.807, 2.05) is 26.0 Å². The van der Waals surface area contributed by atoms with Crippen LogP contribution in [-0.2, 0) is 4.79 Å². The second-order valence-electron chi connectivity index (χ2n) is 6.16. The number of halogens is 1. The van der Waals surface area contributed by atoms with Gasteiger partial charge in [0.2, 0.25) is 5.91 Å². The van der Waals surface area contributed by atoms with Crippen LogP contribution in [0.4, 0.5) is 5.69 Å². The Labute approximate surface area is 130 Å². The summed E-state index contributed by atoms with van der Waals surface area (Å²) in [6.07, 6.45) is 2.53. The molecule has 0 aliphatic heterocycles. The van der Waals surface area contributed by atoms with Crippen molar-refractivity contribution in [3.05, 3.63) is 28.8 Å². The van der Waals surface area contributed by atoms with Gasteiger partial charge in [-0.2, -0.15) is 0 Å². The van der Waals surface area contributed by atoms with Crippen molar-refractivity contribution in [2.45, 2.75) is 39.2 Å². The van der Waals surface area contributed by atoms with Crippen LogP contribution in [0.3, 0.4) is 0 Å². The van der Waals surface area contributed by atoms with Gasteiger partial charge in [-0.3, -0.25) is 4.79 Å². The minimum Gasteiger partial charge on any atom is -0.396 e. The van der Waals surface area contributed by atoms with E-state index in [2.05, 4.69) is 10.6 Å². The van der Waals surface area contributed by atoms with Crippen LogP contribution in [0.25, 0.3) is 0 Å². The number of aryl methyl sites for hydroxylation is 1. The second kappa shape index (κ2) is 6.77. The van der Waals surface area contributed by atoms with Gasteiger partial charge in [-0.15, -0.1) is 0 Å². The van der Waals surface area contributed by atoms with Crippen molar-refractivity contribution in [2.24, 2.45) is 5.41 Å². The molecule has 1 aromatic rings. The highest BCUT2D eigenvalue weighted by Crippen LogP contribution is 2.44. The molecule has 3 N–H and O–H groups in total. The molecule has 1 amide bonds. The third-order valence-electron chi connectivity index (χ3n) is 4.07. The molecule has 2 rings (SSSR count). The maximum atomic E-state index is 12.0. The molecule has 1 atom stereocenters. The molecular formula is C16H23ClN2O2. The van der Waals surface area contributed by atoms with Crippen molar-refractivity contribution in [3.63, 3.8) is 0 Å². The van der Waals surface area contributed by atoms with Gasteiger partial charge in [0.1, 0.15) is 0 Å². The van der Waals surface area contributed by atoms with Gasteiger partial charge in [0.15, 0.2) is 0 Å². The number of anilines is 1. The first-order chi connectivity index (χ1) is 9.94. The Morgan fingerprint density at radius 1 is 1.48 bits per heavy atom. The summed E-state index contributed by atoms with van der Waals surface area (Å²) in [5.41, 5.74) is 1.77. The number of aliphatic hydroxyl groups excluding tert-OH is 1. The smallest absolute Gasteiger partial charge is 0.225 e. The molecule has 0 aromatic heterocycles. The van der Waals surface area contributed by atoms with Crippen molar-refractivity contribution < 1.29 is 9.90 Å². The van der Waals surface area contributed by atoms with Crippen LogP contribution in [0.2, 0.25) is 5.02 Å². The summed E-state index contributed by atoms with van der Waals surface area (Å²) in [6.45, 7) is 4.90. The number of carbonyl (C=O) groups excluding carboxylic acids is 1. The predicted octanol–water partition coefficient (Wildman–Crippen LogP) is 2.73. The van der Waals surface area contributed by atoms with Gasteiger partial charge in [0.05, 0.1) is 0 Å². The molecule has 1 saturated carbocycles. The van der Waals surface area contributed by atoms with E-state index < -0.39 is 0 Å². The number of hydrogen-bond donors (Lipinski definition) is 3. The van der Waals surface area contributed by atoms with Gasteiger partial charge < -0.3 is 15.7 Å².